The van der Waals surface area contributed by atoms with Crippen molar-refractivity contribution < 1.29 is 9.13 Å². The predicted molar refractivity (Wildman–Crippen MR) is 69.6 cm³/mol. The fraction of sp³-hybridized carbons (Fsp3) is 0.154. The Hall–Kier alpha value is -1.81. The van der Waals surface area contributed by atoms with Crippen LogP contribution in [0.3, 0.4) is 0 Å². The number of halogens is 2. The summed E-state index contributed by atoms with van der Waals surface area (Å²) in [5.41, 5.74) is 0.463. The fourth-order valence-electron chi connectivity index (χ4n) is 1.43. The van der Waals surface area contributed by atoms with Gasteiger partial charge in [0.15, 0.2) is 0 Å². The molecular weight excluding hydrogens is 255 g/mol. The standard InChI is InChI=1S/C13H12ClFN2O/c14-10-7-11(9-16-8-10)18-6-5-17-13-4-2-1-3-12(13)15/h1-4,7-9,17H,5-6H2. The SMILES string of the molecule is Fc1ccccc1NCCOc1cncc(Cl)c1. The zero-order valence-corrected chi connectivity index (χ0v) is 10.3. The van der Waals surface area contributed by atoms with Crippen LogP contribution in [0.1, 0.15) is 0 Å². The third-order valence-electron chi connectivity index (χ3n) is 2.24. The van der Waals surface area contributed by atoms with Crippen LogP contribution in [0.25, 0.3) is 0 Å². The largest absolute Gasteiger partial charge is 0.490 e. The van der Waals surface area contributed by atoms with Crippen molar-refractivity contribution >= 4 is 17.3 Å². The predicted octanol–water partition coefficient (Wildman–Crippen LogP) is 3.37. The van der Waals surface area contributed by atoms with E-state index < -0.39 is 0 Å². The number of pyridine rings is 1. The van der Waals surface area contributed by atoms with Crippen LogP contribution in [-0.2, 0) is 0 Å². The second kappa shape index (κ2) is 6.21. The van der Waals surface area contributed by atoms with Gasteiger partial charge in [-0.3, -0.25) is 4.98 Å². The van der Waals surface area contributed by atoms with E-state index in [0.717, 1.165) is 0 Å². The summed E-state index contributed by atoms with van der Waals surface area (Å²) in [6, 6.07) is 8.18. The van der Waals surface area contributed by atoms with Crippen LogP contribution in [0.5, 0.6) is 5.75 Å². The molecule has 0 aliphatic carbocycles. The van der Waals surface area contributed by atoms with Crippen molar-refractivity contribution in [1.29, 1.82) is 0 Å². The highest BCUT2D eigenvalue weighted by Crippen LogP contribution is 2.15. The molecular formula is C13H12ClFN2O. The van der Waals surface area contributed by atoms with E-state index >= 15 is 0 Å². The van der Waals surface area contributed by atoms with Crippen molar-refractivity contribution in [3.8, 4) is 5.75 Å². The minimum Gasteiger partial charge on any atom is -0.490 e. The Morgan fingerprint density at radius 2 is 2.11 bits per heavy atom. The first-order chi connectivity index (χ1) is 8.75. The number of anilines is 1. The van der Waals surface area contributed by atoms with Crippen molar-refractivity contribution in [3.63, 3.8) is 0 Å². The van der Waals surface area contributed by atoms with Gasteiger partial charge in [0.05, 0.1) is 16.9 Å². The Morgan fingerprint density at radius 3 is 2.89 bits per heavy atom. The zero-order valence-electron chi connectivity index (χ0n) is 9.57. The smallest absolute Gasteiger partial charge is 0.146 e. The van der Waals surface area contributed by atoms with Crippen molar-refractivity contribution in [2.75, 3.05) is 18.5 Å². The molecule has 1 N–H and O–H groups in total. The third-order valence-corrected chi connectivity index (χ3v) is 2.45. The number of aromatic nitrogens is 1. The van der Waals surface area contributed by atoms with Crippen LogP contribution in [-0.4, -0.2) is 18.1 Å². The van der Waals surface area contributed by atoms with Crippen LogP contribution in [0.4, 0.5) is 10.1 Å². The van der Waals surface area contributed by atoms with E-state index in [1.54, 1.807) is 30.5 Å². The van der Waals surface area contributed by atoms with Gasteiger partial charge in [0, 0.05) is 18.8 Å². The lowest BCUT2D eigenvalue weighted by Crippen LogP contribution is -2.12. The van der Waals surface area contributed by atoms with Crippen molar-refractivity contribution in [3.05, 3.63) is 53.6 Å². The number of hydrogen-bond acceptors (Lipinski definition) is 3. The number of para-hydroxylation sites is 1. The van der Waals surface area contributed by atoms with E-state index in [-0.39, 0.29) is 5.82 Å². The molecule has 0 unspecified atom stereocenters. The monoisotopic (exact) mass is 266 g/mol. The van der Waals surface area contributed by atoms with Gasteiger partial charge in [-0.15, -0.1) is 0 Å². The van der Waals surface area contributed by atoms with Crippen molar-refractivity contribution in [1.82, 2.24) is 4.98 Å². The molecule has 2 rings (SSSR count). The van der Waals surface area contributed by atoms with Crippen LogP contribution >= 0.6 is 11.6 Å². The molecule has 1 aromatic carbocycles. The van der Waals surface area contributed by atoms with Crippen LogP contribution < -0.4 is 10.1 Å². The molecule has 0 fully saturated rings. The zero-order chi connectivity index (χ0) is 12.8. The highest BCUT2D eigenvalue weighted by molar-refractivity contribution is 6.30. The van der Waals surface area contributed by atoms with Gasteiger partial charge < -0.3 is 10.1 Å². The Balaban J connectivity index is 1.78. The van der Waals surface area contributed by atoms with Gasteiger partial charge in [-0.05, 0) is 12.1 Å². The van der Waals surface area contributed by atoms with E-state index in [1.165, 1.54) is 12.3 Å². The molecule has 94 valence electrons. The van der Waals surface area contributed by atoms with Gasteiger partial charge in [-0.25, -0.2) is 4.39 Å². The molecule has 0 aliphatic heterocycles. The van der Waals surface area contributed by atoms with Crippen LogP contribution in [0.2, 0.25) is 5.02 Å². The quantitative estimate of drug-likeness (QED) is 0.843. The lowest BCUT2D eigenvalue weighted by atomic mass is 10.3. The minimum absolute atomic E-state index is 0.276. The van der Waals surface area contributed by atoms with Gasteiger partial charge in [-0.1, -0.05) is 23.7 Å². The molecule has 0 amide bonds. The molecule has 18 heavy (non-hydrogen) atoms. The maximum Gasteiger partial charge on any atom is 0.146 e. The maximum absolute atomic E-state index is 13.3. The first kappa shape index (κ1) is 12.6. The number of nitrogens with one attached hydrogen (secondary N) is 1. The van der Waals surface area contributed by atoms with Crippen LogP contribution in [0, 0.1) is 5.82 Å². The minimum atomic E-state index is -0.276. The second-order valence-electron chi connectivity index (χ2n) is 3.59. The molecule has 1 heterocycles. The van der Waals surface area contributed by atoms with E-state index in [0.29, 0.717) is 29.6 Å². The molecule has 0 saturated heterocycles. The number of benzene rings is 1. The van der Waals surface area contributed by atoms with E-state index in [9.17, 15) is 4.39 Å². The summed E-state index contributed by atoms with van der Waals surface area (Å²) in [6.07, 6.45) is 3.11. The lowest BCUT2D eigenvalue weighted by Gasteiger charge is -2.09. The number of rotatable bonds is 5. The maximum atomic E-state index is 13.3. The van der Waals surface area contributed by atoms with E-state index in [4.69, 9.17) is 16.3 Å². The normalized spacial score (nSPS) is 10.1. The Bertz CT molecular complexity index is 522. The fourth-order valence-corrected chi connectivity index (χ4v) is 1.59. The van der Waals surface area contributed by atoms with E-state index in [2.05, 4.69) is 10.3 Å². The topological polar surface area (TPSA) is 34.1 Å². The number of nitrogens with zero attached hydrogens (tertiary/aromatic N) is 1. The molecule has 0 saturated carbocycles. The summed E-state index contributed by atoms with van der Waals surface area (Å²) in [6.45, 7) is 0.893. The molecule has 5 heteroatoms. The van der Waals surface area contributed by atoms with Gasteiger partial charge in [0.25, 0.3) is 0 Å². The Morgan fingerprint density at radius 1 is 1.28 bits per heavy atom. The Labute approximate surface area is 110 Å². The third kappa shape index (κ3) is 3.60. The molecule has 2 aromatic rings. The summed E-state index contributed by atoms with van der Waals surface area (Å²) < 4.78 is 18.7. The number of hydrogen-bond donors (Lipinski definition) is 1. The Kier molecular flexibility index (Phi) is 4.36. The highest BCUT2D eigenvalue weighted by atomic mass is 35.5. The number of ether oxygens (including phenoxy) is 1. The van der Waals surface area contributed by atoms with Gasteiger partial charge in [0.1, 0.15) is 18.2 Å². The molecule has 0 atom stereocenters. The van der Waals surface area contributed by atoms with Gasteiger partial charge in [-0.2, -0.15) is 0 Å². The summed E-state index contributed by atoms with van der Waals surface area (Å²) in [5.74, 6) is 0.319. The molecule has 0 radical (unpaired) electrons. The van der Waals surface area contributed by atoms with Crippen molar-refractivity contribution in [2.24, 2.45) is 0 Å². The lowest BCUT2D eigenvalue weighted by molar-refractivity contribution is 0.331. The average molecular weight is 267 g/mol. The van der Waals surface area contributed by atoms with Crippen LogP contribution in [0.15, 0.2) is 42.7 Å². The molecule has 1 aromatic heterocycles. The highest BCUT2D eigenvalue weighted by Gasteiger charge is 1.99. The summed E-state index contributed by atoms with van der Waals surface area (Å²) >= 11 is 5.77. The molecule has 0 aliphatic rings. The van der Waals surface area contributed by atoms with Gasteiger partial charge >= 0.3 is 0 Å². The summed E-state index contributed by atoms with van der Waals surface area (Å²) in [7, 11) is 0. The van der Waals surface area contributed by atoms with Gasteiger partial charge in [0.2, 0.25) is 0 Å². The average Bonchev–Trinajstić information content (AvgIpc) is 2.37. The summed E-state index contributed by atoms with van der Waals surface area (Å²) in [4.78, 5) is 3.90. The van der Waals surface area contributed by atoms with E-state index in [1.807, 2.05) is 0 Å². The molecule has 3 nitrogen and oxygen atoms in total. The first-order valence-corrected chi connectivity index (χ1v) is 5.85. The first-order valence-electron chi connectivity index (χ1n) is 5.47. The molecule has 0 spiro atoms. The summed E-state index contributed by atoms with van der Waals surface area (Å²) in [5, 5.41) is 3.47. The van der Waals surface area contributed by atoms with Crippen molar-refractivity contribution in [2.45, 2.75) is 0 Å². The molecule has 0 bridgehead atoms. The second-order valence-corrected chi connectivity index (χ2v) is 4.03.